The molecule has 0 aliphatic carbocycles. The first kappa shape index (κ1) is 17.6. The molecule has 0 atom stereocenters. The van der Waals surface area contributed by atoms with Crippen molar-refractivity contribution in [2.75, 3.05) is 18.9 Å². The highest BCUT2D eigenvalue weighted by molar-refractivity contribution is 5.95. The van der Waals surface area contributed by atoms with Gasteiger partial charge >= 0.3 is 0 Å². The number of nitro groups is 1. The second-order valence-electron chi connectivity index (χ2n) is 5.58. The number of likely N-dealkylation sites (N-methyl/N-ethyl adjacent to an activating group) is 1. The molecule has 2 aromatic carbocycles. The number of nitrogens with zero attached hydrogens (tertiary/aromatic N) is 2. The van der Waals surface area contributed by atoms with Crippen LogP contribution in [0.1, 0.15) is 11.1 Å². The van der Waals surface area contributed by atoms with E-state index in [9.17, 15) is 19.3 Å². The lowest BCUT2D eigenvalue weighted by Crippen LogP contribution is -2.30. The molecule has 1 N–H and O–H groups in total. The molecule has 0 saturated heterocycles. The molecule has 6 nitrogen and oxygen atoms in total. The van der Waals surface area contributed by atoms with Crippen LogP contribution >= 0.6 is 0 Å². The minimum absolute atomic E-state index is 0.0298. The molecule has 0 aliphatic heterocycles. The summed E-state index contributed by atoms with van der Waals surface area (Å²) in [5.41, 5.74) is 1.42. The number of para-hydroxylation sites is 1. The number of benzene rings is 2. The zero-order chi connectivity index (χ0) is 17.7. The average Bonchev–Trinajstić information content (AvgIpc) is 2.48. The Morgan fingerprint density at radius 3 is 2.67 bits per heavy atom. The highest BCUT2D eigenvalue weighted by atomic mass is 19.1. The first-order chi connectivity index (χ1) is 11.4. The van der Waals surface area contributed by atoms with Crippen molar-refractivity contribution in [1.29, 1.82) is 0 Å². The number of hydrogen-bond acceptors (Lipinski definition) is 4. The van der Waals surface area contributed by atoms with Crippen LogP contribution in [-0.4, -0.2) is 29.3 Å². The Bertz CT molecular complexity index is 764. The smallest absolute Gasteiger partial charge is 0.293 e. The van der Waals surface area contributed by atoms with Gasteiger partial charge in [0, 0.05) is 12.6 Å². The van der Waals surface area contributed by atoms with E-state index in [2.05, 4.69) is 5.32 Å². The lowest BCUT2D eigenvalue weighted by atomic mass is 10.1. The Hall–Kier alpha value is -2.80. The number of hydrogen-bond donors (Lipinski definition) is 1. The normalized spacial score (nSPS) is 10.7. The molecule has 0 heterocycles. The Morgan fingerprint density at radius 2 is 2.00 bits per heavy atom. The number of nitrogens with one attached hydrogen (secondary N) is 1. The van der Waals surface area contributed by atoms with Crippen LogP contribution in [0.25, 0.3) is 0 Å². The van der Waals surface area contributed by atoms with E-state index in [0.717, 1.165) is 5.56 Å². The van der Waals surface area contributed by atoms with Crippen molar-refractivity contribution in [3.63, 3.8) is 0 Å². The Morgan fingerprint density at radius 1 is 1.29 bits per heavy atom. The van der Waals surface area contributed by atoms with Crippen molar-refractivity contribution >= 4 is 17.3 Å². The fourth-order valence-electron chi connectivity index (χ4n) is 2.39. The van der Waals surface area contributed by atoms with Gasteiger partial charge in [0.1, 0.15) is 11.5 Å². The third-order valence-corrected chi connectivity index (χ3v) is 3.47. The molecule has 0 bridgehead atoms. The highest BCUT2D eigenvalue weighted by Gasteiger charge is 2.18. The largest absolute Gasteiger partial charge is 0.319 e. The Labute approximate surface area is 139 Å². The third-order valence-electron chi connectivity index (χ3n) is 3.47. The van der Waals surface area contributed by atoms with Crippen LogP contribution in [0.5, 0.6) is 0 Å². The van der Waals surface area contributed by atoms with E-state index in [0.29, 0.717) is 12.1 Å². The van der Waals surface area contributed by atoms with Gasteiger partial charge in [0.25, 0.3) is 5.69 Å². The summed E-state index contributed by atoms with van der Waals surface area (Å²) in [5, 5.41) is 13.7. The summed E-state index contributed by atoms with van der Waals surface area (Å²) >= 11 is 0. The SMILES string of the molecule is Cc1cccc([N+](=O)[O-])c1NC(=O)CN(C)Cc1cccc(F)c1. The van der Waals surface area contributed by atoms with Crippen molar-refractivity contribution < 1.29 is 14.1 Å². The van der Waals surface area contributed by atoms with E-state index in [4.69, 9.17) is 0 Å². The van der Waals surface area contributed by atoms with Crippen LogP contribution in [0.2, 0.25) is 0 Å². The number of rotatable bonds is 6. The average molecular weight is 331 g/mol. The topological polar surface area (TPSA) is 75.5 Å². The second-order valence-corrected chi connectivity index (χ2v) is 5.58. The van der Waals surface area contributed by atoms with Crippen molar-refractivity contribution in [2.24, 2.45) is 0 Å². The first-order valence-corrected chi connectivity index (χ1v) is 7.33. The highest BCUT2D eigenvalue weighted by Crippen LogP contribution is 2.27. The number of carbonyl (C=O) groups is 1. The van der Waals surface area contributed by atoms with E-state index >= 15 is 0 Å². The fourth-order valence-corrected chi connectivity index (χ4v) is 2.39. The summed E-state index contributed by atoms with van der Waals surface area (Å²) in [4.78, 5) is 24.4. The molecule has 0 fully saturated rings. The monoisotopic (exact) mass is 331 g/mol. The molecule has 2 aromatic rings. The van der Waals surface area contributed by atoms with Gasteiger partial charge in [0.05, 0.1) is 11.5 Å². The third kappa shape index (κ3) is 4.60. The molecule has 0 saturated carbocycles. The van der Waals surface area contributed by atoms with Crippen molar-refractivity contribution in [1.82, 2.24) is 4.90 Å². The zero-order valence-corrected chi connectivity index (χ0v) is 13.5. The number of aryl methyl sites for hydroxylation is 1. The molecule has 126 valence electrons. The summed E-state index contributed by atoms with van der Waals surface area (Å²) in [5.74, 6) is -0.702. The van der Waals surface area contributed by atoms with Gasteiger partial charge in [-0.2, -0.15) is 0 Å². The van der Waals surface area contributed by atoms with Crippen molar-refractivity contribution in [3.05, 3.63) is 69.5 Å². The first-order valence-electron chi connectivity index (χ1n) is 7.33. The minimum atomic E-state index is -0.529. The molecule has 0 aliphatic rings. The number of halogens is 1. The fraction of sp³-hybridized carbons (Fsp3) is 0.235. The maximum Gasteiger partial charge on any atom is 0.293 e. The van der Waals surface area contributed by atoms with Crippen molar-refractivity contribution in [3.8, 4) is 0 Å². The summed E-state index contributed by atoms with van der Waals surface area (Å²) in [6, 6.07) is 10.7. The van der Waals surface area contributed by atoms with Gasteiger partial charge in [-0.15, -0.1) is 0 Å². The van der Waals surface area contributed by atoms with Gasteiger partial charge in [0.15, 0.2) is 0 Å². The predicted molar refractivity (Wildman–Crippen MR) is 89.2 cm³/mol. The second kappa shape index (κ2) is 7.65. The van der Waals surface area contributed by atoms with E-state index in [1.807, 2.05) is 0 Å². The van der Waals surface area contributed by atoms with Gasteiger partial charge in [-0.05, 0) is 37.2 Å². The van der Waals surface area contributed by atoms with E-state index in [1.165, 1.54) is 18.2 Å². The lowest BCUT2D eigenvalue weighted by Gasteiger charge is -2.17. The maximum absolute atomic E-state index is 13.2. The quantitative estimate of drug-likeness (QED) is 0.652. The predicted octanol–water partition coefficient (Wildman–Crippen LogP) is 3.11. The van der Waals surface area contributed by atoms with Crippen LogP contribution in [-0.2, 0) is 11.3 Å². The molecule has 2 rings (SSSR count). The molecule has 1 amide bonds. The molecule has 24 heavy (non-hydrogen) atoms. The number of carbonyl (C=O) groups excluding carboxylic acids is 1. The summed E-state index contributed by atoms with van der Waals surface area (Å²) < 4.78 is 13.2. The lowest BCUT2D eigenvalue weighted by molar-refractivity contribution is -0.384. The van der Waals surface area contributed by atoms with E-state index < -0.39 is 4.92 Å². The van der Waals surface area contributed by atoms with Gasteiger partial charge in [-0.25, -0.2) is 4.39 Å². The molecule has 0 unspecified atom stereocenters. The molecule has 0 spiro atoms. The number of amides is 1. The molecular formula is C17H18FN3O3. The number of anilines is 1. The standard InChI is InChI=1S/C17H18FN3O3/c1-12-5-3-8-15(21(23)24)17(12)19-16(22)11-20(2)10-13-6-4-7-14(18)9-13/h3-9H,10-11H2,1-2H3,(H,19,22). The van der Waals surface area contributed by atoms with Gasteiger partial charge < -0.3 is 5.32 Å². The summed E-state index contributed by atoms with van der Waals surface area (Å²) in [6.45, 7) is 2.11. The van der Waals surface area contributed by atoms with Gasteiger partial charge in [-0.1, -0.05) is 24.3 Å². The Kier molecular flexibility index (Phi) is 5.59. The molecule has 7 heteroatoms. The van der Waals surface area contributed by atoms with Crippen LogP contribution in [0, 0.1) is 22.9 Å². The van der Waals surface area contributed by atoms with E-state index in [1.54, 1.807) is 43.1 Å². The number of nitro benzene ring substituents is 1. The van der Waals surface area contributed by atoms with Crippen LogP contribution in [0.3, 0.4) is 0 Å². The van der Waals surface area contributed by atoms with Gasteiger partial charge in [0.2, 0.25) is 5.91 Å². The maximum atomic E-state index is 13.2. The van der Waals surface area contributed by atoms with Crippen LogP contribution in [0.4, 0.5) is 15.8 Å². The summed E-state index contributed by atoms with van der Waals surface area (Å²) in [7, 11) is 1.72. The summed E-state index contributed by atoms with van der Waals surface area (Å²) in [6.07, 6.45) is 0. The van der Waals surface area contributed by atoms with Gasteiger partial charge in [-0.3, -0.25) is 19.8 Å². The molecule has 0 radical (unpaired) electrons. The molecular weight excluding hydrogens is 313 g/mol. The van der Waals surface area contributed by atoms with Crippen LogP contribution in [0.15, 0.2) is 42.5 Å². The molecule has 0 aromatic heterocycles. The minimum Gasteiger partial charge on any atom is -0.319 e. The zero-order valence-electron chi connectivity index (χ0n) is 13.5. The Balaban J connectivity index is 2.02. The van der Waals surface area contributed by atoms with E-state index in [-0.39, 0.29) is 29.6 Å². The van der Waals surface area contributed by atoms with Crippen LogP contribution < -0.4 is 5.32 Å². The van der Waals surface area contributed by atoms with Crippen molar-refractivity contribution in [2.45, 2.75) is 13.5 Å².